The second-order valence-corrected chi connectivity index (χ2v) is 5.86. The quantitative estimate of drug-likeness (QED) is 0.798. The van der Waals surface area contributed by atoms with Gasteiger partial charge in [0, 0.05) is 0 Å². The summed E-state index contributed by atoms with van der Waals surface area (Å²) in [7, 11) is 1.64. The molecule has 1 N–H and O–H groups in total. The van der Waals surface area contributed by atoms with Gasteiger partial charge in [0.15, 0.2) is 11.5 Å². The maximum absolute atomic E-state index is 10.9. The molecule has 1 aromatic carbocycles. The van der Waals surface area contributed by atoms with E-state index in [0.29, 0.717) is 18.4 Å². The maximum atomic E-state index is 10.9. The molecule has 0 amide bonds. The molecule has 4 nitrogen and oxygen atoms in total. The summed E-state index contributed by atoms with van der Waals surface area (Å²) in [5, 5.41) is 9.00. The van der Waals surface area contributed by atoms with E-state index in [0.717, 1.165) is 30.8 Å². The van der Waals surface area contributed by atoms with Gasteiger partial charge in [-0.05, 0) is 48.8 Å². The van der Waals surface area contributed by atoms with Crippen LogP contribution in [0.4, 0.5) is 0 Å². The molecule has 1 aromatic rings. The standard InChI is InChI=1S/C17H24O4/c1-4-7-21-15-6-5-12(9-16(15)20-3)8-11(2)13-10-14(13)17(18)19/h5-6,9,11,13-14H,4,7-8,10H2,1-3H3,(H,18,19). The Morgan fingerprint density at radius 2 is 2.19 bits per heavy atom. The average molecular weight is 292 g/mol. The summed E-state index contributed by atoms with van der Waals surface area (Å²) in [6, 6.07) is 5.99. The molecule has 21 heavy (non-hydrogen) atoms. The van der Waals surface area contributed by atoms with Gasteiger partial charge in [-0.1, -0.05) is 19.9 Å². The number of hydrogen-bond donors (Lipinski definition) is 1. The van der Waals surface area contributed by atoms with Gasteiger partial charge in [-0.15, -0.1) is 0 Å². The van der Waals surface area contributed by atoms with Crippen LogP contribution in [0.1, 0.15) is 32.3 Å². The van der Waals surface area contributed by atoms with Crippen LogP contribution in [-0.4, -0.2) is 24.8 Å². The molecule has 3 atom stereocenters. The van der Waals surface area contributed by atoms with E-state index in [1.807, 2.05) is 18.2 Å². The lowest BCUT2D eigenvalue weighted by Crippen LogP contribution is -2.08. The maximum Gasteiger partial charge on any atom is 0.306 e. The average Bonchev–Trinajstić information content (AvgIpc) is 3.26. The molecule has 2 rings (SSSR count). The summed E-state index contributed by atoms with van der Waals surface area (Å²) in [5.74, 6) is 1.40. The molecular formula is C17H24O4. The molecule has 0 saturated heterocycles. The van der Waals surface area contributed by atoms with Crippen LogP contribution in [0.25, 0.3) is 0 Å². The highest BCUT2D eigenvalue weighted by Crippen LogP contribution is 2.45. The van der Waals surface area contributed by atoms with Crippen molar-refractivity contribution in [2.24, 2.45) is 17.8 Å². The number of benzene rings is 1. The highest BCUT2D eigenvalue weighted by Gasteiger charge is 2.46. The van der Waals surface area contributed by atoms with Crippen molar-refractivity contribution < 1.29 is 19.4 Å². The van der Waals surface area contributed by atoms with Gasteiger partial charge in [0.1, 0.15) is 0 Å². The lowest BCUT2D eigenvalue weighted by atomic mass is 9.95. The number of methoxy groups -OCH3 is 1. The first-order valence-corrected chi connectivity index (χ1v) is 7.59. The van der Waals surface area contributed by atoms with Crippen LogP contribution in [0.5, 0.6) is 11.5 Å². The van der Waals surface area contributed by atoms with E-state index >= 15 is 0 Å². The van der Waals surface area contributed by atoms with Crippen LogP contribution >= 0.6 is 0 Å². The SMILES string of the molecule is CCCOc1ccc(CC(C)C2CC2C(=O)O)cc1OC. The fraction of sp³-hybridized carbons (Fsp3) is 0.588. The fourth-order valence-corrected chi connectivity index (χ4v) is 2.82. The molecule has 1 saturated carbocycles. The molecule has 1 aliphatic carbocycles. The van der Waals surface area contributed by atoms with E-state index in [1.54, 1.807) is 7.11 Å². The first-order chi connectivity index (χ1) is 10.1. The van der Waals surface area contributed by atoms with E-state index in [-0.39, 0.29) is 5.92 Å². The van der Waals surface area contributed by atoms with Crippen molar-refractivity contribution in [3.8, 4) is 11.5 Å². The van der Waals surface area contributed by atoms with Gasteiger partial charge in [0.25, 0.3) is 0 Å². The van der Waals surface area contributed by atoms with E-state index in [4.69, 9.17) is 14.6 Å². The van der Waals surface area contributed by atoms with Crippen LogP contribution < -0.4 is 9.47 Å². The Morgan fingerprint density at radius 3 is 2.76 bits per heavy atom. The first-order valence-electron chi connectivity index (χ1n) is 7.59. The zero-order chi connectivity index (χ0) is 15.4. The molecule has 1 fully saturated rings. The minimum atomic E-state index is -0.659. The third kappa shape index (κ3) is 3.90. The lowest BCUT2D eigenvalue weighted by molar-refractivity contribution is -0.139. The van der Waals surface area contributed by atoms with Crippen LogP contribution in [0.3, 0.4) is 0 Å². The van der Waals surface area contributed by atoms with E-state index in [1.165, 1.54) is 5.56 Å². The number of carboxylic acids is 1. The van der Waals surface area contributed by atoms with Crippen LogP contribution in [0.15, 0.2) is 18.2 Å². The van der Waals surface area contributed by atoms with Crippen molar-refractivity contribution in [1.82, 2.24) is 0 Å². The molecule has 4 heteroatoms. The van der Waals surface area contributed by atoms with Gasteiger partial charge >= 0.3 is 5.97 Å². The zero-order valence-corrected chi connectivity index (χ0v) is 13.0. The normalized spacial score (nSPS) is 21.7. The Morgan fingerprint density at radius 1 is 1.43 bits per heavy atom. The third-order valence-corrected chi connectivity index (χ3v) is 4.14. The van der Waals surface area contributed by atoms with Crippen molar-refractivity contribution in [3.63, 3.8) is 0 Å². The molecular weight excluding hydrogens is 268 g/mol. The van der Waals surface area contributed by atoms with E-state index in [9.17, 15) is 4.79 Å². The highest BCUT2D eigenvalue weighted by molar-refractivity contribution is 5.73. The largest absolute Gasteiger partial charge is 0.493 e. The van der Waals surface area contributed by atoms with E-state index in [2.05, 4.69) is 13.8 Å². The van der Waals surface area contributed by atoms with Crippen LogP contribution in [0.2, 0.25) is 0 Å². The van der Waals surface area contributed by atoms with Gasteiger partial charge in [-0.25, -0.2) is 0 Å². The van der Waals surface area contributed by atoms with Gasteiger partial charge in [-0.2, -0.15) is 0 Å². The van der Waals surface area contributed by atoms with Gasteiger partial charge in [0.2, 0.25) is 0 Å². The highest BCUT2D eigenvalue weighted by atomic mass is 16.5. The van der Waals surface area contributed by atoms with Crippen molar-refractivity contribution in [2.45, 2.75) is 33.1 Å². The number of ether oxygens (including phenoxy) is 2. The smallest absolute Gasteiger partial charge is 0.306 e. The second kappa shape index (κ2) is 6.83. The summed E-state index contributed by atoms with van der Waals surface area (Å²) >= 11 is 0. The summed E-state index contributed by atoms with van der Waals surface area (Å²) in [4.78, 5) is 10.9. The third-order valence-electron chi connectivity index (χ3n) is 4.14. The Labute approximate surface area is 126 Å². The molecule has 0 bridgehead atoms. The Kier molecular flexibility index (Phi) is 5.10. The molecule has 0 heterocycles. The number of rotatable bonds is 8. The van der Waals surface area contributed by atoms with Crippen LogP contribution in [-0.2, 0) is 11.2 Å². The predicted octanol–water partition coefficient (Wildman–Crippen LogP) is 3.38. The zero-order valence-electron chi connectivity index (χ0n) is 13.0. The first kappa shape index (κ1) is 15.7. The number of hydrogen-bond acceptors (Lipinski definition) is 3. The number of aliphatic carboxylic acids is 1. The van der Waals surface area contributed by atoms with Gasteiger partial charge in [0.05, 0.1) is 19.6 Å². The summed E-state index contributed by atoms with van der Waals surface area (Å²) in [6.45, 7) is 4.87. The Balaban J connectivity index is 1.99. The second-order valence-electron chi connectivity index (χ2n) is 5.86. The predicted molar refractivity (Wildman–Crippen MR) is 80.9 cm³/mol. The molecule has 3 unspecified atom stereocenters. The fourth-order valence-electron chi connectivity index (χ4n) is 2.82. The van der Waals surface area contributed by atoms with Gasteiger partial charge < -0.3 is 14.6 Å². The van der Waals surface area contributed by atoms with Crippen molar-refractivity contribution in [2.75, 3.05) is 13.7 Å². The molecule has 0 radical (unpaired) electrons. The molecule has 0 aliphatic heterocycles. The molecule has 0 aromatic heterocycles. The van der Waals surface area contributed by atoms with Gasteiger partial charge in [-0.3, -0.25) is 4.79 Å². The minimum absolute atomic E-state index is 0.144. The van der Waals surface area contributed by atoms with E-state index < -0.39 is 5.97 Å². The Bertz CT molecular complexity index is 498. The monoisotopic (exact) mass is 292 g/mol. The van der Waals surface area contributed by atoms with Crippen molar-refractivity contribution in [1.29, 1.82) is 0 Å². The number of carbonyl (C=O) groups is 1. The minimum Gasteiger partial charge on any atom is -0.493 e. The van der Waals surface area contributed by atoms with Crippen molar-refractivity contribution in [3.05, 3.63) is 23.8 Å². The summed E-state index contributed by atoms with van der Waals surface area (Å²) < 4.78 is 11.0. The topological polar surface area (TPSA) is 55.8 Å². The summed E-state index contributed by atoms with van der Waals surface area (Å²) in [6.07, 6.45) is 2.64. The summed E-state index contributed by atoms with van der Waals surface area (Å²) in [5.41, 5.74) is 1.17. The van der Waals surface area contributed by atoms with Crippen molar-refractivity contribution >= 4 is 5.97 Å². The van der Waals surface area contributed by atoms with Crippen LogP contribution in [0, 0.1) is 17.8 Å². The number of carboxylic acid groups (broad SMARTS) is 1. The molecule has 116 valence electrons. The molecule has 1 aliphatic rings. The lowest BCUT2D eigenvalue weighted by Gasteiger charge is -2.14. The Hall–Kier alpha value is -1.71. The molecule has 0 spiro atoms.